The molecular formula is C81H134NO8P. The van der Waals surface area contributed by atoms with Gasteiger partial charge in [0, 0.05) is 19.4 Å². The number of ether oxygens (including phenoxy) is 2. The van der Waals surface area contributed by atoms with Gasteiger partial charge in [0.05, 0.1) is 13.2 Å². The molecule has 0 aromatic carbocycles. The maximum absolute atomic E-state index is 12.8. The van der Waals surface area contributed by atoms with Crippen LogP contribution >= 0.6 is 7.82 Å². The van der Waals surface area contributed by atoms with E-state index in [0.29, 0.717) is 6.42 Å². The van der Waals surface area contributed by atoms with Crippen molar-refractivity contribution < 1.29 is 37.6 Å². The lowest BCUT2D eigenvalue weighted by molar-refractivity contribution is -0.161. The molecule has 0 aliphatic carbocycles. The first-order chi connectivity index (χ1) is 44.8. The van der Waals surface area contributed by atoms with E-state index >= 15 is 0 Å². The molecule has 0 heterocycles. The van der Waals surface area contributed by atoms with Crippen molar-refractivity contribution in [3.8, 4) is 0 Å². The molecule has 0 aliphatic heterocycles. The summed E-state index contributed by atoms with van der Waals surface area (Å²) >= 11 is 0. The van der Waals surface area contributed by atoms with Crippen molar-refractivity contribution in [2.24, 2.45) is 5.73 Å². The zero-order valence-corrected chi connectivity index (χ0v) is 58.9. The van der Waals surface area contributed by atoms with Crippen LogP contribution in [0.25, 0.3) is 0 Å². The molecule has 10 heteroatoms. The molecule has 516 valence electrons. The lowest BCUT2D eigenvalue weighted by atomic mass is 10.0. The summed E-state index contributed by atoms with van der Waals surface area (Å²) < 4.78 is 33.2. The minimum atomic E-state index is -4.41. The molecule has 2 atom stereocenters. The van der Waals surface area contributed by atoms with Gasteiger partial charge in [0.1, 0.15) is 6.61 Å². The predicted molar refractivity (Wildman–Crippen MR) is 394 cm³/mol. The maximum Gasteiger partial charge on any atom is 0.472 e. The normalized spacial score (nSPS) is 13.9. The highest BCUT2D eigenvalue weighted by Gasteiger charge is 2.26. The molecule has 9 nitrogen and oxygen atoms in total. The van der Waals surface area contributed by atoms with Gasteiger partial charge < -0.3 is 20.1 Å². The molecule has 91 heavy (non-hydrogen) atoms. The van der Waals surface area contributed by atoms with Crippen molar-refractivity contribution >= 4 is 19.8 Å². The third-order valence-corrected chi connectivity index (χ3v) is 16.1. The SMILES string of the molecule is CC/C=C\C/C=C\C/C=C\C/C=C\C/C=C\C/C=C\C/C=C\C/C=C\CCCCCCCCCCCCCCCCC(=O)OC(COC(=O)CCCCCCCCCCCCCC/C=C\C/C=C\C/C=C\C/C=C\C/C=C\C/C=C\CC)COP(=O)(O)OCCN. The van der Waals surface area contributed by atoms with E-state index in [4.69, 9.17) is 24.3 Å². The third kappa shape index (κ3) is 74.3. The Morgan fingerprint density at radius 1 is 0.330 bits per heavy atom. The second kappa shape index (κ2) is 74.4. The Morgan fingerprint density at radius 2 is 0.571 bits per heavy atom. The minimum Gasteiger partial charge on any atom is -0.462 e. The summed E-state index contributed by atoms with van der Waals surface area (Å²) in [4.78, 5) is 35.4. The first-order valence-electron chi connectivity index (χ1n) is 36.6. The summed E-state index contributed by atoms with van der Waals surface area (Å²) in [7, 11) is -4.41. The number of carbonyl (C=O) groups excluding carboxylic acids is 2. The molecule has 0 saturated carbocycles. The van der Waals surface area contributed by atoms with Crippen LogP contribution in [0.2, 0.25) is 0 Å². The van der Waals surface area contributed by atoms with Gasteiger partial charge >= 0.3 is 19.8 Å². The molecule has 0 aromatic heterocycles. The molecule has 0 radical (unpaired) electrons. The number of allylic oxidation sites excluding steroid dienone is 28. The second-order valence-electron chi connectivity index (χ2n) is 23.7. The number of unbranched alkanes of at least 4 members (excludes halogenated alkanes) is 26. The van der Waals surface area contributed by atoms with Crippen molar-refractivity contribution in [2.45, 2.75) is 302 Å². The van der Waals surface area contributed by atoms with Crippen LogP contribution in [-0.2, 0) is 32.7 Å². The van der Waals surface area contributed by atoms with Crippen LogP contribution in [0, 0.1) is 0 Å². The van der Waals surface area contributed by atoms with Crippen molar-refractivity contribution in [3.05, 3.63) is 170 Å². The van der Waals surface area contributed by atoms with Crippen molar-refractivity contribution in [1.82, 2.24) is 0 Å². The molecule has 0 aromatic rings. The van der Waals surface area contributed by atoms with Gasteiger partial charge in [0.25, 0.3) is 0 Å². The van der Waals surface area contributed by atoms with E-state index in [-0.39, 0.29) is 38.6 Å². The third-order valence-electron chi connectivity index (χ3n) is 15.1. The van der Waals surface area contributed by atoms with Crippen LogP contribution in [0.1, 0.15) is 296 Å². The average molecular weight is 1280 g/mol. The molecule has 0 rings (SSSR count). The maximum atomic E-state index is 12.8. The fourth-order valence-electron chi connectivity index (χ4n) is 9.78. The number of hydrogen-bond donors (Lipinski definition) is 2. The topological polar surface area (TPSA) is 134 Å². The fraction of sp³-hybridized carbons (Fsp3) is 0.630. The van der Waals surface area contributed by atoms with Crippen molar-refractivity contribution in [1.29, 1.82) is 0 Å². The monoisotopic (exact) mass is 1280 g/mol. The lowest BCUT2D eigenvalue weighted by Crippen LogP contribution is -2.29. The molecular weight excluding hydrogens is 1150 g/mol. The molecule has 0 saturated heterocycles. The number of esters is 2. The van der Waals surface area contributed by atoms with Gasteiger partial charge in [0.15, 0.2) is 6.10 Å². The van der Waals surface area contributed by atoms with Gasteiger partial charge in [-0.25, -0.2) is 4.57 Å². The summed E-state index contributed by atoms with van der Waals surface area (Å²) in [6.07, 6.45) is 110. The number of carbonyl (C=O) groups is 2. The molecule has 3 N–H and O–H groups in total. The Balaban J connectivity index is 3.91. The van der Waals surface area contributed by atoms with E-state index in [1.807, 2.05) is 0 Å². The van der Waals surface area contributed by atoms with Crippen LogP contribution in [0.4, 0.5) is 0 Å². The van der Waals surface area contributed by atoms with Gasteiger partial charge in [-0.1, -0.05) is 325 Å². The van der Waals surface area contributed by atoms with E-state index in [1.54, 1.807) is 0 Å². The molecule has 0 aliphatic rings. The summed E-state index contributed by atoms with van der Waals surface area (Å²) in [6.45, 7) is 3.52. The Labute approximate surface area is 559 Å². The van der Waals surface area contributed by atoms with Crippen LogP contribution in [0.15, 0.2) is 170 Å². The van der Waals surface area contributed by atoms with E-state index in [9.17, 15) is 19.0 Å². The van der Waals surface area contributed by atoms with Gasteiger partial charge in [-0.05, 0) is 128 Å². The largest absolute Gasteiger partial charge is 0.472 e. The Morgan fingerprint density at radius 3 is 0.846 bits per heavy atom. The number of phosphoric ester groups is 1. The highest BCUT2D eigenvalue weighted by molar-refractivity contribution is 7.47. The van der Waals surface area contributed by atoms with Crippen molar-refractivity contribution in [3.63, 3.8) is 0 Å². The van der Waals surface area contributed by atoms with E-state index in [0.717, 1.165) is 135 Å². The number of rotatable bonds is 67. The lowest BCUT2D eigenvalue weighted by Gasteiger charge is -2.19. The number of phosphoric acid groups is 1. The van der Waals surface area contributed by atoms with Crippen LogP contribution in [0.5, 0.6) is 0 Å². The Bertz CT molecular complexity index is 2100. The molecule has 0 amide bonds. The average Bonchev–Trinajstić information content (AvgIpc) is 3.71. The smallest absolute Gasteiger partial charge is 0.462 e. The van der Waals surface area contributed by atoms with E-state index < -0.39 is 26.5 Å². The van der Waals surface area contributed by atoms with Crippen LogP contribution in [-0.4, -0.2) is 49.3 Å². The summed E-state index contributed by atoms with van der Waals surface area (Å²) in [5, 5.41) is 0. The van der Waals surface area contributed by atoms with Gasteiger partial charge in [0.2, 0.25) is 0 Å². The summed E-state index contributed by atoms with van der Waals surface area (Å²) in [5.41, 5.74) is 5.41. The first kappa shape index (κ1) is 86.4. The van der Waals surface area contributed by atoms with Gasteiger partial charge in [-0.15, -0.1) is 0 Å². The number of hydrogen-bond acceptors (Lipinski definition) is 8. The van der Waals surface area contributed by atoms with Crippen molar-refractivity contribution in [2.75, 3.05) is 26.4 Å². The highest BCUT2D eigenvalue weighted by Crippen LogP contribution is 2.43. The Kier molecular flexibility index (Phi) is 70.6. The zero-order chi connectivity index (χ0) is 65.8. The second-order valence-corrected chi connectivity index (χ2v) is 25.1. The quantitative estimate of drug-likeness (QED) is 0.0264. The van der Waals surface area contributed by atoms with Crippen LogP contribution in [0.3, 0.4) is 0 Å². The van der Waals surface area contributed by atoms with Gasteiger partial charge in [-0.2, -0.15) is 0 Å². The summed E-state index contributed by atoms with van der Waals surface area (Å²) in [5.74, 6) is -0.833. The number of nitrogens with two attached hydrogens (primary N) is 1. The highest BCUT2D eigenvalue weighted by atomic mass is 31.2. The predicted octanol–water partition coefficient (Wildman–Crippen LogP) is 24.5. The van der Waals surface area contributed by atoms with E-state index in [2.05, 4.69) is 184 Å². The zero-order valence-electron chi connectivity index (χ0n) is 58.0. The minimum absolute atomic E-state index is 0.0465. The molecule has 0 fully saturated rings. The molecule has 0 spiro atoms. The summed E-state index contributed by atoms with van der Waals surface area (Å²) in [6, 6.07) is 0. The standard InChI is InChI=1S/C81H134NO8P/c1-3-5-7-9-11-13-15-17-19-21-23-25-27-29-31-33-35-36-37-38-39-40-41-42-44-46-48-50-52-54-56-58-60-62-64-66-68-70-72-74-81(84)90-79(78-89-91(85,86)88-76-75-82)77-87-80(83)73-71-69-67-65-63-61-59-57-55-53-51-49-47-45-43-34-32-30-28-26-24-22-20-18-16-14-12-10-8-6-4-2/h5-8,11-14,17-20,23-26,29-32,35-36,38-39,41-43,45,79H,3-4,9-10,15-16,21-22,27-28,33-34,37,40,44,46-78,82H2,1-2H3,(H,85,86)/b7-5-,8-6-,13-11-,14-12-,19-17-,20-18-,25-23-,26-24-,31-29-,32-30-,36-35-,39-38-,42-41-,45-43-. The fourth-order valence-corrected chi connectivity index (χ4v) is 10.5. The van der Waals surface area contributed by atoms with E-state index in [1.165, 1.54) is 128 Å². The van der Waals surface area contributed by atoms with Gasteiger partial charge in [-0.3, -0.25) is 18.6 Å². The molecule has 2 unspecified atom stereocenters. The Hall–Kier alpha value is -4.63. The van der Waals surface area contributed by atoms with Crippen LogP contribution < -0.4 is 5.73 Å². The molecule has 0 bridgehead atoms. The first-order valence-corrected chi connectivity index (χ1v) is 38.1.